The molecule has 7 nitrogen and oxygen atoms in total. The van der Waals surface area contributed by atoms with Gasteiger partial charge in [0.15, 0.2) is 0 Å². The maximum absolute atomic E-state index is 12.6. The van der Waals surface area contributed by atoms with Gasteiger partial charge in [0, 0.05) is 81.9 Å². The summed E-state index contributed by atoms with van der Waals surface area (Å²) in [6.07, 6.45) is 2.89. The van der Waals surface area contributed by atoms with Gasteiger partial charge in [-0.2, -0.15) is 0 Å². The molecule has 5 saturated carbocycles. The second-order valence-corrected chi connectivity index (χ2v) is 11.8. The molecular formula is C25H41NO6. The van der Waals surface area contributed by atoms with Gasteiger partial charge in [0.25, 0.3) is 0 Å². The van der Waals surface area contributed by atoms with E-state index in [-0.39, 0.29) is 64.8 Å². The lowest BCUT2D eigenvalue weighted by atomic mass is 9.43. The predicted octanol–water partition coefficient (Wildman–Crippen LogP) is 1.16. The van der Waals surface area contributed by atoms with Gasteiger partial charge in [-0.1, -0.05) is 6.92 Å². The van der Waals surface area contributed by atoms with Gasteiger partial charge in [0.2, 0.25) is 0 Å². The minimum absolute atomic E-state index is 0.0234. The SMILES string of the molecule is CCN1C[C@]2(COC)CC[C@H](OC)C34C1C([C@H](OC)[C@@H]32)[C@@]1(O)C[C@H](OC)[C@H]2C[C@@H]4[C@@H]1[C@@H]2O. The van der Waals surface area contributed by atoms with Crippen molar-refractivity contribution in [2.75, 3.05) is 48.1 Å². The minimum Gasteiger partial charge on any atom is -0.392 e. The lowest BCUT2D eigenvalue weighted by molar-refractivity contribution is -0.276. The van der Waals surface area contributed by atoms with Crippen LogP contribution >= 0.6 is 0 Å². The molecule has 6 rings (SSSR count). The van der Waals surface area contributed by atoms with E-state index in [9.17, 15) is 10.2 Å². The highest BCUT2D eigenvalue weighted by Gasteiger charge is 2.86. The van der Waals surface area contributed by atoms with E-state index in [1.807, 2.05) is 21.3 Å². The first-order valence-electron chi connectivity index (χ1n) is 12.6. The van der Waals surface area contributed by atoms with E-state index in [0.29, 0.717) is 13.0 Å². The van der Waals surface area contributed by atoms with Gasteiger partial charge < -0.3 is 29.2 Å². The Kier molecular flexibility index (Phi) is 4.94. The quantitative estimate of drug-likeness (QED) is 0.627. The lowest BCUT2D eigenvalue weighted by Crippen LogP contribution is -2.76. The summed E-state index contributed by atoms with van der Waals surface area (Å²) >= 11 is 0. The third kappa shape index (κ3) is 2.19. The number of fused-ring (bicyclic) bond motifs is 2. The molecular weight excluding hydrogens is 410 g/mol. The molecule has 5 aliphatic carbocycles. The summed E-state index contributed by atoms with van der Waals surface area (Å²) in [5.41, 5.74) is -1.18. The summed E-state index contributed by atoms with van der Waals surface area (Å²) in [4.78, 5) is 2.62. The van der Waals surface area contributed by atoms with Gasteiger partial charge in [-0.3, -0.25) is 4.90 Å². The Labute approximate surface area is 191 Å². The van der Waals surface area contributed by atoms with Crippen LogP contribution in [0.1, 0.15) is 32.6 Å². The van der Waals surface area contributed by atoms with E-state index in [0.717, 1.165) is 32.4 Å². The number of aliphatic hydroxyl groups is 2. The van der Waals surface area contributed by atoms with E-state index in [2.05, 4.69) is 11.8 Å². The van der Waals surface area contributed by atoms with Crippen LogP contribution in [0.15, 0.2) is 0 Å². The number of hydrogen-bond acceptors (Lipinski definition) is 7. The number of likely N-dealkylation sites (tertiary alicyclic amines) is 1. The molecule has 13 atom stereocenters. The zero-order chi connectivity index (χ0) is 22.6. The summed E-state index contributed by atoms with van der Waals surface area (Å²) in [6, 6.07) is 0.186. The van der Waals surface area contributed by atoms with Crippen LogP contribution in [-0.2, 0) is 18.9 Å². The smallest absolute Gasteiger partial charge is 0.0796 e. The second kappa shape index (κ2) is 7.12. The zero-order valence-electron chi connectivity index (χ0n) is 20.2. The number of ether oxygens (including phenoxy) is 4. The van der Waals surface area contributed by atoms with Crippen LogP contribution in [0.5, 0.6) is 0 Å². The van der Waals surface area contributed by atoms with E-state index < -0.39 is 11.7 Å². The van der Waals surface area contributed by atoms with Crippen LogP contribution in [0, 0.1) is 40.4 Å². The Hall–Kier alpha value is -0.280. The maximum Gasteiger partial charge on any atom is 0.0796 e. The number of rotatable bonds is 6. The molecule has 0 amide bonds. The van der Waals surface area contributed by atoms with Crippen LogP contribution in [0.4, 0.5) is 0 Å². The summed E-state index contributed by atoms with van der Waals surface area (Å²) in [7, 11) is 7.23. The first-order valence-corrected chi connectivity index (χ1v) is 12.6. The standard InChI is InChI=1S/C25H41NO6/c1-6-26-11-23(12-29-2)8-7-16(31-4)25-14-9-13-15(30-3)10-24(28,17(14)19(13)27)18(22(25)26)20(32-5)21(23)25/h13-22,27-28H,6-12H2,1-5H3/t13-,14-,15+,16+,17-,18?,19-,20+,21-,22?,23+,24-,25?/m1/s1. The Bertz CT molecular complexity index is 767. The van der Waals surface area contributed by atoms with Crippen molar-refractivity contribution in [1.29, 1.82) is 0 Å². The highest BCUT2D eigenvalue weighted by atomic mass is 16.5. The highest BCUT2D eigenvalue weighted by molar-refractivity contribution is 5.35. The summed E-state index contributed by atoms with van der Waals surface area (Å²) in [5.74, 6) is 0.310. The molecule has 1 spiro atoms. The molecule has 0 aromatic carbocycles. The highest BCUT2D eigenvalue weighted by Crippen LogP contribution is 2.79. The van der Waals surface area contributed by atoms with Crippen molar-refractivity contribution in [3.05, 3.63) is 0 Å². The fraction of sp³-hybridized carbons (Fsp3) is 1.00. The Balaban J connectivity index is 1.63. The monoisotopic (exact) mass is 451 g/mol. The van der Waals surface area contributed by atoms with Gasteiger partial charge in [-0.15, -0.1) is 0 Å². The van der Waals surface area contributed by atoms with Crippen LogP contribution in [0.25, 0.3) is 0 Å². The third-order valence-electron chi connectivity index (χ3n) is 11.4. The molecule has 32 heavy (non-hydrogen) atoms. The Morgan fingerprint density at radius 2 is 1.84 bits per heavy atom. The van der Waals surface area contributed by atoms with Crippen LogP contribution in [0.2, 0.25) is 0 Å². The molecule has 2 N–H and O–H groups in total. The number of hydrogen-bond donors (Lipinski definition) is 2. The van der Waals surface area contributed by atoms with E-state index in [1.54, 1.807) is 7.11 Å². The first-order chi connectivity index (χ1) is 15.4. The second-order valence-electron chi connectivity index (χ2n) is 11.8. The van der Waals surface area contributed by atoms with Crippen LogP contribution < -0.4 is 0 Å². The molecule has 7 heteroatoms. The molecule has 3 unspecified atom stereocenters. The van der Waals surface area contributed by atoms with Gasteiger partial charge in [-0.05, 0) is 31.7 Å². The Morgan fingerprint density at radius 3 is 2.47 bits per heavy atom. The maximum atomic E-state index is 12.6. The molecule has 7 bridgehead atoms. The number of methoxy groups -OCH3 is 4. The van der Waals surface area contributed by atoms with E-state index in [4.69, 9.17) is 18.9 Å². The lowest BCUT2D eigenvalue weighted by Gasteiger charge is -2.69. The van der Waals surface area contributed by atoms with Crippen molar-refractivity contribution in [2.24, 2.45) is 40.4 Å². The first kappa shape index (κ1) is 22.2. The van der Waals surface area contributed by atoms with E-state index >= 15 is 0 Å². The van der Waals surface area contributed by atoms with Crippen molar-refractivity contribution in [3.8, 4) is 0 Å². The van der Waals surface area contributed by atoms with Crippen molar-refractivity contribution in [1.82, 2.24) is 4.90 Å². The average Bonchev–Trinajstić information content (AvgIpc) is 3.19. The number of piperidine rings is 1. The molecule has 1 saturated heterocycles. The summed E-state index contributed by atoms with van der Waals surface area (Å²) in [6.45, 7) is 4.86. The van der Waals surface area contributed by atoms with Gasteiger partial charge in [-0.25, -0.2) is 0 Å². The summed E-state index contributed by atoms with van der Waals surface area (Å²) < 4.78 is 24.5. The van der Waals surface area contributed by atoms with Gasteiger partial charge in [0.05, 0.1) is 36.6 Å². The largest absolute Gasteiger partial charge is 0.392 e. The minimum atomic E-state index is -0.999. The molecule has 1 heterocycles. The molecule has 0 radical (unpaired) electrons. The molecule has 6 fully saturated rings. The van der Waals surface area contributed by atoms with Crippen molar-refractivity contribution < 1.29 is 29.2 Å². The normalized spacial score (nSPS) is 60.1. The van der Waals surface area contributed by atoms with Crippen molar-refractivity contribution in [2.45, 2.75) is 68.7 Å². The number of nitrogens with zero attached hydrogens (tertiary/aromatic N) is 1. The molecule has 182 valence electrons. The summed E-state index contributed by atoms with van der Waals surface area (Å²) in [5, 5.41) is 24.1. The van der Waals surface area contributed by atoms with Crippen LogP contribution in [0.3, 0.4) is 0 Å². The molecule has 6 aliphatic rings. The number of aliphatic hydroxyl groups excluding tert-OH is 1. The average molecular weight is 452 g/mol. The van der Waals surface area contributed by atoms with Gasteiger partial charge >= 0.3 is 0 Å². The fourth-order valence-corrected chi connectivity index (χ4v) is 11.0. The van der Waals surface area contributed by atoms with Crippen molar-refractivity contribution in [3.63, 3.8) is 0 Å². The third-order valence-corrected chi connectivity index (χ3v) is 11.4. The van der Waals surface area contributed by atoms with Gasteiger partial charge in [0.1, 0.15) is 0 Å². The van der Waals surface area contributed by atoms with Crippen LogP contribution in [-0.4, -0.2) is 99.3 Å². The fourth-order valence-electron chi connectivity index (χ4n) is 11.0. The zero-order valence-corrected chi connectivity index (χ0v) is 20.2. The van der Waals surface area contributed by atoms with Crippen molar-refractivity contribution >= 4 is 0 Å². The molecule has 0 aromatic rings. The topological polar surface area (TPSA) is 80.6 Å². The Morgan fingerprint density at radius 1 is 1.06 bits per heavy atom. The van der Waals surface area contributed by atoms with E-state index in [1.165, 1.54) is 0 Å². The molecule has 1 aliphatic heterocycles. The molecule has 0 aromatic heterocycles. The predicted molar refractivity (Wildman–Crippen MR) is 117 cm³/mol.